The summed E-state index contributed by atoms with van der Waals surface area (Å²) in [5.41, 5.74) is 2.26. The summed E-state index contributed by atoms with van der Waals surface area (Å²) in [6.07, 6.45) is 5.58. The van der Waals surface area contributed by atoms with Gasteiger partial charge in [-0.25, -0.2) is 0 Å². The van der Waals surface area contributed by atoms with Crippen LogP contribution in [-0.4, -0.2) is 10.8 Å². The zero-order chi connectivity index (χ0) is 9.97. The lowest BCUT2D eigenvalue weighted by atomic mass is 9.84. The number of hydrogen-bond acceptors (Lipinski definition) is 2. The molecule has 1 fully saturated rings. The van der Waals surface area contributed by atoms with E-state index in [1.807, 2.05) is 19.2 Å². The van der Waals surface area contributed by atoms with E-state index in [-0.39, 0.29) is 0 Å². The maximum Gasteiger partial charge on any atom is 0.133 e. The van der Waals surface area contributed by atoms with E-state index in [1.54, 1.807) is 0 Å². The van der Waals surface area contributed by atoms with Crippen molar-refractivity contribution in [3.05, 3.63) is 29.6 Å². The van der Waals surface area contributed by atoms with E-state index in [1.165, 1.54) is 5.56 Å². The third kappa shape index (κ3) is 2.00. The monoisotopic (exact) mass is 189 g/mol. The second-order valence-electron chi connectivity index (χ2n) is 4.06. The molecule has 1 atom stereocenters. The average Bonchev–Trinajstić information content (AvgIpc) is 2.19. The van der Waals surface area contributed by atoms with Crippen LogP contribution in [0.5, 0.6) is 0 Å². The summed E-state index contributed by atoms with van der Waals surface area (Å²) in [5, 5.41) is 0. The predicted molar refractivity (Wildman–Crippen MR) is 55.2 cm³/mol. The first kappa shape index (κ1) is 9.38. The Morgan fingerprint density at radius 3 is 2.93 bits per heavy atom. The van der Waals surface area contributed by atoms with Crippen molar-refractivity contribution in [1.82, 2.24) is 4.98 Å². The van der Waals surface area contributed by atoms with Gasteiger partial charge in [0.1, 0.15) is 5.78 Å². The molecule has 0 radical (unpaired) electrons. The summed E-state index contributed by atoms with van der Waals surface area (Å²) in [4.78, 5) is 15.6. The molecule has 1 saturated carbocycles. The van der Waals surface area contributed by atoms with Crippen molar-refractivity contribution >= 4 is 5.78 Å². The molecule has 14 heavy (non-hydrogen) atoms. The number of nitrogens with zero attached hydrogens (tertiary/aromatic N) is 1. The highest BCUT2D eigenvalue weighted by Gasteiger charge is 2.20. The number of aromatic nitrogens is 1. The maximum absolute atomic E-state index is 11.3. The van der Waals surface area contributed by atoms with Crippen LogP contribution in [0.4, 0.5) is 0 Å². The van der Waals surface area contributed by atoms with Crippen molar-refractivity contribution in [2.75, 3.05) is 0 Å². The first-order valence-electron chi connectivity index (χ1n) is 5.20. The van der Waals surface area contributed by atoms with Crippen molar-refractivity contribution in [3.63, 3.8) is 0 Å². The zero-order valence-electron chi connectivity index (χ0n) is 8.49. The number of ketones is 1. The van der Waals surface area contributed by atoms with E-state index < -0.39 is 0 Å². The number of carbonyl (C=O) groups excluding carboxylic acids is 1. The summed E-state index contributed by atoms with van der Waals surface area (Å²) in [6.45, 7) is 1.98. The van der Waals surface area contributed by atoms with Crippen molar-refractivity contribution in [2.45, 2.75) is 38.5 Å². The zero-order valence-corrected chi connectivity index (χ0v) is 8.49. The largest absolute Gasteiger partial charge is 0.300 e. The molecule has 2 nitrogen and oxygen atoms in total. The Bertz CT molecular complexity index is 329. The molecule has 0 aliphatic heterocycles. The lowest BCUT2D eigenvalue weighted by molar-refractivity contribution is -0.120. The van der Waals surface area contributed by atoms with Gasteiger partial charge in [-0.1, -0.05) is 6.07 Å². The fraction of sp³-hybridized carbons (Fsp3) is 0.500. The number of Topliss-reactive ketones (excluding diaryl/α,β-unsaturated/α-hetero) is 1. The molecule has 0 amide bonds. The normalized spacial score (nSPS) is 22.4. The molecule has 2 rings (SSSR count). The molecular weight excluding hydrogens is 174 g/mol. The van der Waals surface area contributed by atoms with E-state index >= 15 is 0 Å². The minimum Gasteiger partial charge on any atom is -0.300 e. The Labute approximate surface area is 84.4 Å². The highest BCUT2D eigenvalue weighted by atomic mass is 16.1. The first-order chi connectivity index (χ1) is 6.75. The van der Waals surface area contributed by atoms with E-state index in [9.17, 15) is 4.79 Å². The summed E-state index contributed by atoms with van der Waals surface area (Å²) in [5.74, 6) is 0.825. The molecule has 74 valence electrons. The topological polar surface area (TPSA) is 30.0 Å². The van der Waals surface area contributed by atoms with Gasteiger partial charge in [0.05, 0.1) is 0 Å². The van der Waals surface area contributed by atoms with Crippen LogP contribution in [0, 0.1) is 6.92 Å². The van der Waals surface area contributed by atoms with Crippen molar-refractivity contribution in [1.29, 1.82) is 0 Å². The van der Waals surface area contributed by atoms with Crippen LogP contribution in [0.1, 0.15) is 42.9 Å². The molecule has 0 saturated heterocycles. The number of hydrogen-bond donors (Lipinski definition) is 0. The lowest BCUT2D eigenvalue weighted by Crippen LogP contribution is -2.13. The van der Waals surface area contributed by atoms with Crippen molar-refractivity contribution < 1.29 is 4.79 Å². The van der Waals surface area contributed by atoms with Gasteiger partial charge >= 0.3 is 0 Å². The fourth-order valence-corrected chi connectivity index (χ4v) is 2.03. The van der Waals surface area contributed by atoms with E-state index in [4.69, 9.17) is 0 Å². The Morgan fingerprint density at radius 2 is 2.29 bits per heavy atom. The van der Waals surface area contributed by atoms with Crippen LogP contribution < -0.4 is 0 Å². The quantitative estimate of drug-likeness (QED) is 0.679. The number of rotatable bonds is 1. The molecule has 1 unspecified atom stereocenters. The highest BCUT2D eigenvalue weighted by molar-refractivity contribution is 5.80. The minimum absolute atomic E-state index is 0.404. The number of aryl methyl sites for hydroxylation is 1. The van der Waals surface area contributed by atoms with Crippen molar-refractivity contribution in [2.24, 2.45) is 0 Å². The number of pyridine rings is 1. The molecule has 1 aromatic rings. The SMILES string of the molecule is Cc1ccc(C2CCCC(=O)C2)cn1. The second-order valence-corrected chi connectivity index (χ2v) is 4.06. The highest BCUT2D eigenvalue weighted by Crippen LogP contribution is 2.30. The Morgan fingerprint density at radius 1 is 1.43 bits per heavy atom. The van der Waals surface area contributed by atoms with Gasteiger partial charge in [0, 0.05) is 24.7 Å². The van der Waals surface area contributed by atoms with Crippen LogP contribution >= 0.6 is 0 Å². The van der Waals surface area contributed by atoms with Gasteiger partial charge in [-0.3, -0.25) is 9.78 Å². The maximum atomic E-state index is 11.3. The van der Waals surface area contributed by atoms with Gasteiger partial charge < -0.3 is 0 Å². The van der Waals surface area contributed by atoms with E-state index in [0.29, 0.717) is 18.1 Å². The first-order valence-corrected chi connectivity index (χ1v) is 5.20. The number of carbonyl (C=O) groups is 1. The van der Waals surface area contributed by atoms with Crippen molar-refractivity contribution in [3.8, 4) is 0 Å². The fourth-order valence-electron chi connectivity index (χ4n) is 2.03. The Kier molecular flexibility index (Phi) is 2.62. The van der Waals surface area contributed by atoms with Gasteiger partial charge in [-0.2, -0.15) is 0 Å². The van der Waals surface area contributed by atoms with Crippen LogP contribution in [0.25, 0.3) is 0 Å². The van der Waals surface area contributed by atoms with Crippen LogP contribution in [0.3, 0.4) is 0 Å². The summed E-state index contributed by atoms with van der Waals surface area (Å²) < 4.78 is 0. The summed E-state index contributed by atoms with van der Waals surface area (Å²) in [6, 6.07) is 4.13. The summed E-state index contributed by atoms with van der Waals surface area (Å²) in [7, 11) is 0. The Balaban J connectivity index is 2.14. The third-order valence-corrected chi connectivity index (χ3v) is 2.89. The molecule has 0 bridgehead atoms. The van der Waals surface area contributed by atoms with Gasteiger partial charge in [0.15, 0.2) is 0 Å². The van der Waals surface area contributed by atoms with E-state index in [0.717, 1.165) is 25.0 Å². The molecule has 1 aromatic heterocycles. The van der Waals surface area contributed by atoms with Crippen LogP contribution in [0.2, 0.25) is 0 Å². The van der Waals surface area contributed by atoms with Crippen LogP contribution in [0.15, 0.2) is 18.3 Å². The van der Waals surface area contributed by atoms with Gasteiger partial charge in [-0.15, -0.1) is 0 Å². The van der Waals surface area contributed by atoms with Gasteiger partial charge in [0.25, 0.3) is 0 Å². The molecule has 0 aromatic carbocycles. The molecule has 0 spiro atoms. The average molecular weight is 189 g/mol. The van der Waals surface area contributed by atoms with Crippen LogP contribution in [-0.2, 0) is 4.79 Å². The third-order valence-electron chi connectivity index (χ3n) is 2.89. The molecule has 2 heteroatoms. The summed E-state index contributed by atoms with van der Waals surface area (Å²) >= 11 is 0. The molecule has 1 aliphatic rings. The van der Waals surface area contributed by atoms with E-state index in [2.05, 4.69) is 11.1 Å². The Hall–Kier alpha value is -1.18. The smallest absolute Gasteiger partial charge is 0.133 e. The molecule has 1 aliphatic carbocycles. The van der Waals surface area contributed by atoms with Gasteiger partial charge in [-0.05, 0) is 37.3 Å². The predicted octanol–water partition coefficient (Wildman–Crippen LogP) is 2.62. The molecule has 0 N–H and O–H groups in total. The standard InChI is InChI=1S/C12H15NO/c1-9-5-6-11(8-13-9)10-3-2-4-12(14)7-10/h5-6,8,10H,2-4,7H2,1H3. The molecule has 1 heterocycles. The molecular formula is C12H15NO. The van der Waals surface area contributed by atoms with Gasteiger partial charge in [0.2, 0.25) is 0 Å². The second kappa shape index (κ2) is 3.91. The lowest BCUT2D eigenvalue weighted by Gasteiger charge is -2.20. The minimum atomic E-state index is 0.404.